The number of fused-ring (bicyclic) bond motifs is 1. The molecular formula is C16H14FN3O. The van der Waals surface area contributed by atoms with E-state index < -0.39 is 5.82 Å². The second kappa shape index (κ2) is 5.75. The number of H-pyrrole nitrogens is 1. The summed E-state index contributed by atoms with van der Waals surface area (Å²) in [4.78, 5) is 19.2. The Kier molecular flexibility index (Phi) is 3.64. The summed E-state index contributed by atoms with van der Waals surface area (Å²) in [5.41, 5.74) is 2.26. The minimum absolute atomic E-state index is 0.271. The molecule has 0 aliphatic carbocycles. The van der Waals surface area contributed by atoms with E-state index >= 15 is 0 Å². The van der Waals surface area contributed by atoms with E-state index in [2.05, 4.69) is 15.3 Å². The molecule has 3 aromatic rings. The van der Waals surface area contributed by atoms with Gasteiger partial charge >= 0.3 is 0 Å². The highest BCUT2D eigenvalue weighted by atomic mass is 19.1. The zero-order chi connectivity index (χ0) is 14.7. The zero-order valence-electron chi connectivity index (χ0n) is 11.3. The van der Waals surface area contributed by atoms with Gasteiger partial charge in [0.2, 0.25) is 0 Å². The largest absolute Gasteiger partial charge is 0.352 e. The lowest BCUT2D eigenvalue weighted by atomic mass is 10.1. The summed E-state index contributed by atoms with van der Waals surface area (Å²) in [7, 11) is 0. The van der Waals surface area contributed by atoms with E-state index in [0.717, 1.165) is 16.6 Å². The first-order chi connectivity index (χ1) is 10.2. The minimum atomic E-state index is -0.412. The number of benzene rings is 1. The van der Waals surface area contributed by atoms with Crippen molar-refractivity contribution >= 4 is 16.9 Å². The Hall–Kier alpha value is -2.69. The van der Waals surface area contributed by atoms with Gasteiger partial charge in [-0.15, -0.1) is 0 Å². The van der Waals surface area contributed by atoms with Crippen molar-refractivity contribution in [3.05, 3.63) is 65.7 Å². The van der Waals surface area contributed by atoms with Crippen LogP contribution < -0.4 is 5.32 Å². The SMILES string of the molecule is O=C(NCCc1c[nH]c2ncccc12)c1cccc(F)c1. The van der Waals surface area contributed by atoms with Gasteiger partial charge in [0, 0.05) is 29.9 Å². The van der Waals surface area contributed by atoms with Gasteiger partial charge in [0.05, 0.1) is 0 Å². The first-order valence-electron chi connectivity index (χ1n) is 6.69. The number of pyridine rings is 1. The van der Waals surface area contributed by atoms with Crippen LogP contribution in [0.1, 0.15) is 15.9 Å². The highest BCUT2D eigenvalue weighted by molar-refractivity contribution is 5.94. The average Bonchev–Trinajstić information content (AvgIpc) is 2.91. The molecule has 2 heterocycles. The molecule has 0 saturated heterocycles. The summed E-state index contributed by atoms with van der Waals surface area (Å²) in [5, 5.41) is 3.84. The summed E-state index contributed by atoms with van der Waals surface area (Å²) in [6.45, 7) is 0.483. The van der Waals surface area contributed by atoms with Crippen molar-refractivity contribution in [3.8, 4) is 0 Å². The van der Waals surface area contributed by atoms with E-state index in [0.29, 0.717) is 18.5 Å². The zero-order valence-corrected chi connectivity index (χ0v) is 11.3. The molecule has 1 aromatic carbocycles. The van der Waals surface area contributed by atoms with Gasteiger partial charge in [-0.3, -0.25) is 4.79 Å². The van der Waals surface area contributed by atoms with Gasteiger partial charge in [0.1, 0.15) is 11.5 Å². The van der Waals surface area contributed by atoms with Crippen LogP contribution in [0.4, 0.5) is 4.39 Å². The molecule has 0 fully saturated rings. The molecule has 1 amide bonds. The summed E-state index contributed by atoms with van der Waals surface area (Å²) >= 11 is 0. The smallest absolute Gasteiger partial charge is 0.251 e. The van der Waals surface area contributed by atoms with Crippen LogP contribution in [0.5, 0.6) is 0 Å². The van der Waals surface area contributed by atoms with Gasteiger partial charge in [-0.1, -0.05) is 6.07 Å². The molecule has 0 radical (unpaired) electrons. The van der Waals surface area contributed by atoms with E-state index in [-0.39, 0.29) is 5.91 Å². The first kappa shape index (κ1) is 13.3. The van der Waals surface area contributed by atoms with Crippen LogP contribution >= 0.6 is 0 Å². The average molecular weight is 283 g/mol. The van der Waals surface area contributed by atoms with Crippen LogP contribution in [0.15, 0.2) is 48.8 Å². The number of carbonyl (C=O) groups is 1. The Bertz CT molecular complexity index is 782. The summed E-state index contributed by atoms with van der Waals surface area (Å²) < 4.78 is 13.1. The normalized spacial score (nSPS) is 10.7. The predicted octanol–water partition coefficient (Wildman–Crippen LogP) is 2.67. The van der Waals surface area contributed by atoms with E-state index in [1.807, 2.05) is 18.3 Å². The number of hydrogen-bond donors (Lipinski definition) is 2. The summed E-state index contributed by atoms with van der Waals surface area (Å²) in [6, 6.07) is 9.53. The molecule has 0 atom stereocenters. The molecule has 3 rings (SSSR count). The third kappa shape index (κ3) is 2.91. The number of nitrogens with zero attached hydrogens (tertiary/aromatic N) is 1. The van der Waals surface area contributed by atoms with Gasteiger partial charge in [-0.2, -0.15) is 0 Å². The van der Waals surface area contributed by atoms with Gasteiger partial charge in [-0.05, 0) is 42.3 Å². The van der Waals surface area contributed by atoms with Crippen molar-refractivity contribution in [2.75, 3.05) is 6.54 Å². The van der Waals surface area contributed by atoms with Gasteiger partial charge < -0.3 is 10.3 Å². The monoisotopic (exact) mass is 283 g/mol. The van der Waals surface area contributed by atoms with Crippen LogP contribution in [0.2, 0.25) is 0 Å². The van der Waals surface area contributed by atoms with Crippen molar-refractivity contribution in [2.45, 2.75) is 6.42 Å². The van der Waals surface area contributed by atoms with Crippen LogP contribution in [0.3, 0.4) is 0 Å². The maximum absolute atomic E-state index is 13.1. The predicted molar refractivity (Wildman–Crippen MR) is 78.5 cm³/mol. The maximum atomic E-state index is 13.1. The number of nitrogens with one attached hydrogen (secondary N) is 2. The molecule has 2 aromatic heterocycles. The number of aromatic nitrogens is 2. The highest BCUT2D eigenvalue weighted by Crippen LogP contribution is 2.15. The Balaban J connectivity index is 1.62. The maximum Gasteiger partial charge on any atom is 0.251 e. The molecule has 4 nitrogen and oxygen atoms in total. The molecule has 0 saturated carbocycles. The second-order valence-electron chi connectivity index (χ2n) is 4.73. The molecule has 5 heteroatoms. The third-order valence-corrected chi connectivity index (χ3v) is 3.30. The fourth-order valence-corrected chi connectivity index (χ4v) is 2.26. The number of amides is 1. The Morgan fingerprint density at radius 3 is 3.05 bits per heavy atom. The number of rotatable bonds is 4. The van der Waals surface area contributed by atoms with Gasteiger partial charge in [0.25, 0.3) is 5.91 Å². The molecule has 0 unspecified atom stereocenters. The van der Waals surface area contributed by atoms with E-state index in [9.17, 15) is 9.18 Å². The van der Waals surface area contributed by atoms with E-state index in [1.54, 1.807) is 12.3 Å². The van der Waals surface area contributed by atoms with Crippen molar-refractivity contribution in [1.82, 2.24) is 15.3 Å². The third-order valence-electron chi connectivity index (χ3n) is 3.30. The molecule has 2 N–H and O–H groups in total. The quantitative estimate of drug-likeness (QED) is 0.773. The van der Waals surface area contributed by atoms with Crippen LogP contribution in [0.25, 0.3) is 11.0 Å². The van der Waals surface area contributed by atoms with Crippen LogP contribution in [0, 0.1) is 5.82 Å². The van der Waals surface area contributed by atoms with Crippen molar-refractivity contribution < 1.29 is 9.18 Å². The lowest BCUT2D eigenvalue weighted by Crippen LogP contribution is -2.25. The molecule has 0 aliphatic rings. The molecular weight excluding hydrogens is 269 g/mol. The fourth-order valence-electron chi connectivity index (χ4n) is 2.26. The minimum Gasteiger partial charge on any atom is -0.352 e. The number of halogens is 1. The van der Waals surface area contributed by atoms with E-state index in [1.165, 1.54) is 18.2 Å². The van der Waals surface area contributed by atoms with Crippen LogP contribution in [-0.2, 0) is 6.42 Å². The number of hydrogen-bond acceptors (Lipinski definition) is 2. The summed E-state index contributed by atoms with van der Waals surface area (Å²) in [6.07, 6.45) is 4.31. The topological polar surface area (TPSA) is 57.8 Å². The molecule has 0 spiro atoms. The van der Waals surface area contributed by atoms with E-state index in [4.69, 9.17) is 0 Å². The van der Waals surface area contributed by atoms with Crippen molar-refractivity contribution in [2.24, 2.45) is 0 Å². The van der Waals surface area contributed by atoms with Gasteiger partial charge in [-0.25, -0.2) is 9.37 Å². The van der Waals surface area contributed by atoms with Gasteiger partial charge in [0.15, 0.2) is 0 Å². The molecule has 21 heavy (non-hydrogen) atoms. The highest BCUT2D eigenvalue weighted by Gasteiger charge is 2.07. The molecule has 0 bridgehead atoms. The standard InChI is InChI=1S/C16H14FN3O/c17-13-4-1-3-11(9-13)16(21)19-8-6-12-10-20-15-14(12)5-2-7-18-15/h1-5,7,9-10H,6,8H2,(H,18,20)(H,19,21). The molecule has 106 valence electrons. The number of carbonyl (C=O) groups excluding carboxylic acids is 1. The van der Waals surface area contributed by atoms with Crippen molar-refractivity contribution in [1.29, 1.82) is 0 Å². The Morgan fingerprint density at radius 2 is 2.19 bits per heavy atom. The fraction of sp³-hybridized carbons (Fsp3) is 0.125. The van der Waals surface area contributed by atoms with Crippen molar-refractivity contribution in [3.63, 3.8) is 0 Å². The Labute approximate surface area is 121 Å². The lowest BCUT2D eigenvalue weighted by molar-refractivity contribution is 0.0953. The lowest BCUT2D eigenvalue weighted by Gasteiger charge is -2.05. The second-order valence-corrected chi connectivity index (χ2v) is 4.73. The summed E-state index contributed by atoms with van der Waals surface area (Å²) in [5.74, 6) is -0.683. The first-order valence-corrected chi connectivity index (χ1v) is 6.69. The molecule has 0 aliphatic heterocycles. The van der Waals surface area contributed by atoms with Crippen LogP contribution in [-0.4, -0.2) is 22.4 Å². The number of aromatic amines is 1. The Morgan fingerprint density at radius 1 is 1.29 bits per heavy atom.